The third kappa shape index (κ3) is 2.99. The Morgan fingerprint density at radius 1 is 1.14 bits per heavy atom. The lowest BCUT2D eigenvalue weighted by atomic mass is 10.2. The predicted octanol–water partition coefficient (Wildman–Crippen LogP) is 3.34. The van der Waals surface area contributed by atoms with E-state index in [9.17, 15) is 0 Å². The summed E-state index contributed by atoms with van der Waals surface area (Å²) in [6.07, 6.45) is 0. The summed E-state index contributed by atoms with van der Waals surface area (Å²) >= 11 is 1.64. The van der Waals surface area contributed by atoms with E-state index in [4.69, 9.17) is 15.2 Å². The van der Waals surface area contributed by atoms with Gasteiger partial charge in [-0.1, -0.05) is 18.2 Å². The van der Waals surface area contributed by atoms with Gasteiger partial charge in [0.15, 0.2) is 11.5 Å². The zero-order valence-corrected chi connectivity index (χ0v) is 12.5. The van der Waals surface area contributed by atoms with Crippen molar-refractivity contribution in [1.29, 1.82) is 0 Å². The molecule has 0 fully saturated rings. The second-order valence-electron chi connectivity index (χ2n) is 4.55. The molecule has 0 saturated heterocycles. The molecule has 0 amide bonds. The number of nitrogens with zero attached hydrogens (tertiary/aromatic N) is 1. The topological polar surface area (TPSA) is 57.4 Å². The molecule has 5 heteroatoms. The minimum absolute atomic E-state index is 0.428. The van der Waals surface area contributed by atoms with Crippen molar-refractivity contribution in [1.82, 2.24) is 4.98 Å². The van der Waals surface area contributed by atoms with E-state index in [1.165, 1.54) is 4.70 Å². The second kappa shape index (κ2) is 6.11. The summed E-state index contributed by atoms with van der Waals surface area (Å²) < 4.78 is 12.3. The fraction of sp³-hybridized carbons (Fsp3) is 0.188. The molecule has 0 aliphatic carbocycles. The van der Waals surface area contributed by atoms with Crippen LogP contribution in [-0.4, -0.2) is 12.1 Å². The predicted molar refractivity (Wildman–Crippen MR) is 84.8 cm³/mol. The number of methoxy groups -OCH3 is 1. The molecular weight excluding hydrogens is 284 g/mol. The molecule has 0 radical (unpaired) electrons. The van der Waals surface area contributed by atoms with Gasteiger partial charge >= 0.3 is 0 Å². The summed E-state index contributed by atoms with van der Waals surface area (Å²) in [5.41, 5.74) is 7.65. The summed E-state index contributed by atoms with van der Waals surface area (Å²) in [6.45, 7) is 0.909. The number of fused-ring (bicyclic) bond motifs is 1. The van der Waals surface area contributed by atoms with Gasteiger partial charge < -0.3 is 15.2 Å². The van der Waals surface area contributed by atoms with E-state index in [2.05, 4.69) is 11.1 Å². The maximum atomic E-state index is 5.83. The minimum atomic E-state index is 0.428. The lowest BCUT2D eigenvalue weighted by Gasteiger charge is -2.10. The fourth-order valence-corrected chi connectivity index (χ4v) is 2.96. The first-order chi connectivity index (χ1) is 10.3. The molecule has 0 aliphatic rings. The lowest BCUT2D eigenvalue weighted by molar-refractivity contribution is 0.284. The summed E-state index contributed by atoms with van der Waals surface area (Å²) in [7, 11) is 1.63. The molecule has 3 rings (SSSR count). The summed E-state index contributed by atoms with van der Waals surface area (Å²) in [5.74, 6) is 1.40. The second-order valence-corrected chi connectivity index (χ2v) is 5.67. The SMILES string of the molecule is COc1cc(CN)ccc1OCc1nc2ccccc2s1. The van der Waals surface area contributed by atoms with Crippen molar-refractivity contribution in [2.45, 2.75) is 13.2 Å². The summed E-state index contributed by atoms with van der Waals surface area (Å²) in [6, 6.07) is 13.8. The first kappa shape index (κ1) is 13.9. The highest BCUT2D eigenvalue weighted by atomic mass is 32.1. The maximum Gasteiger partial charge on any atom is 0.161 e. The smallest absolute Gasteiger partial charge is 0.161 e. The molecule has 0 saturated carbocycles. The van der Waals surface area contributed by atoms with E-state index >= 15 is 0 Å². The maximum absolute atomic E-state index is 5.83. The highest BCUT2D eigenvalue weighted by Crippen LogP contribution is 2.29. The van der Waals surface area contributed by atoms with Crippen LogP contribution in [0.15, 0.2) is 42.5 Å². The molecule has 0 bridgehead atoms. The van der Waals surface area contributed by atoms with E-state index < -0.39 is 0 Å². The Labute approximate surface area is 127 Å². The zero-order chi connectivity index (χ0) is 14.7. The molecule has 4 nitrogen and oxygen atoms in total. The minimum Gasteiger partial charge on any atom is -0.493 e. The van der Waals surface area contributed by atoms with E-state index in [0.29, 0.717) is 24.7 Å². The first-order valence-corrected chi connectivity index (χ1v) is 7.46. The number of nitrogens with two attached hydrogens (primary N) is 1. The normalized spacial score (nSPS) is 10.8. The largest absolute Gasteiger partial charge is 0.493 e. The van der Waals surface area contributed by atoms with Crippen LogP contribution in [-0.2, 0) is 13.2 Å². The first-order valence-electron chi connectivity index (χ1n) is 6.64. The number of ether oxygens (including phenoxy) is 2. The van der Waals surface area contributed by atoms with E-state index in [1.54, 1.807) is 18.4 Å². The van der Waals surface area contributed by atoms with Crippen molar-refractivity contribution < 1.29 is 9.47 Å². The molecule has 2 N–H and O–H groups in total. The molecule has 1 heterocycles. The molecule has 0 unspecified atom stereocenters. The van der Waals surface area contributed by atoms with E-state index in [-0.39, 0.29) is 0 Å². The van der Waals surface area contributed by atoms with Gasteiger partial charge in [-0.2, -0.15) is 0 Å². The Kier molecular flexibility index (Phi) is 4.03. The van der Waals surface area contributed by atoms with Gasteiger partial charge in [-0.3, -0.25) is 0 Å². The Morgan fingerprint density at radius 2 is 2.00 bits per heavy atom. The molecule has 0 atom stereocenters. The third-order valence-corrected chi connectivity index (χ3v) is 4.16. The Hall–Kier alpha value is -2.11. The number of hydrogen-bond acceptors (Lipinski definition) is 5. The van der Waals surface area contributed by atoms with Crippen molar-refractivity contribution in [3.05, 3.63) is 53.0 Å². The van der Waals surface area contributed by atoms with Crippen molar-refractivity contribution in [3.8, 4) is 11.5 Å². The van der Waals surface area contributed by atoms with E-state index in [1.807, 2.05) is 36.4 Å². The van der Waals surface area contributed by atoms with Crippen LogP contribution in [0.5, 0.6) is 11.5 Å². The highest BCUT2D eigenvalue weighted by Gasteiger charge is 2.08. The van der Waals surface area contributed by atoms with Crippen LogP contribution in [0.1, 0.15) is 10.6 Å². The van der Waals surface area contributed by atoms with Crippen LogP contribution in [0.4, 0.5) is 0 Å². The number of rotatable bonds is 5. The molecule has 2 aromatic carbocycles. The number of benzene rings is 2. The van der Waals surface area contributed by atoms with Gasteiger partial charge in [0.2, 0.25) is 0 Å². The van der Waals surface area contributed by atoms with Gasteiger partial charge in [0.1, 0.15) is 11.6 Å². The van der Waals surface area contributed by atoms with Gasteiger partial charge in [0.05, 0.1) is 17.3 Å². The summed E-state index contributed by atoms with van der Waals surface area (Å²) in [4.78, 5) is 4.55. The van der Waals surface area contributed by atoms with Crippen molar-refractivity contribution in [2.75, 3.05) is 7.11 Å². The standard InChI is InChI=1S/C16H16N2O2S/c1-19-14-8-11(9-17)6-7-13(14)20-10-16-18-12-4-2-3-5-15(12)21-16/h2-8H,9-10,17H2,1H3. The molecule has 21 heavy (non-hydrogen) atoms. The molecule has 3 aromatic rings. The van der Waals surface area contributed by atoms with Gasteiger partial charge in [0.25, 0.3) is 0 Å². The Morgan fingerprint density at radius 3 is 2.76 bits per heavy atom. The van der Waals surface area contributed by atoms with Crippen LogP contribution in [0.2, 0.25) is 0 Å². The monoisotopic (exact) mass is 300 g/mol. The van der Waals surface area contributed by atoms with Crippen LogP contribution < -0.4 is 15.2 Å². The molecule has 1 aromatic heterocycles. The van der Waals surface area contributed by atoms with Crippen LogP contribution >= 0.6 is 11.3 Å². The number of aromatic nitrogens is 1. The molecule has 108 valence electrons. The molecule has 0 spiro atoms. The highest BCUT2D eigenvalue weighted by molar-refractivity contribution is 7.18. The molecule has 0 aliphatic heterocycles. The van der Waals surface area contributed by atoms with Crippen LogP contribution in [0, 0.1) is 0 Å². The number of para-hydroxylation sites is 1. The van der Waals surface area contributed by atoms with Crippen molar-refractivity contribution in [2.24, 2.45) is 5.73 Å². The zero-order valence-electron chi connectivity index (χ0n) is 11.7. The average Bonchev–Trinajstić information content (AvgIpc) is 2.95. The van der Waals surface area contributed by atoms with Crippen LogP contribution in [0.25, 0.3) is 10.2 Å². The number of hydrogen-bond donors (Lipinski definition) is 1. The van der Waals surface area contributed by atoms with Crippen molar-refractivity contribution in [3.63, 3.8) is 0 Å². The van der Waals surface area contributed by atoms with E-state index in [0.717, 1.165) is 16.1 Å². The van der Waals surface area contributed by atoms with Crippen molar-refractivity contribution >= 4 is 21.6 Å². The molecular formula is C16H16N2O2S. The third-order valence-electron chi connectivity index (χ3n) is 3.15. The Balaban J connectivity index is 1.77. The van der Waals surface area contributed by atoms with Crippen LogP contribution in [0.3, 0.4) is 0 Å². The van der Waals surface area contributed by atoms with Gasteiger partial charge in [0, 0.05) is 6.54 Å². The summed E-state index contributed by atoms with van der Waals surface area (Å²) in [5, 5.41) is 0.946. The fourth-order valence-electron chi connectivity index (χ4n) is 2.08. The van der Waals surface area contributed by atoms with Gasteiger partial charge in [-0.15, -0.1) is 11.3 Å². The number of thiazole rings is 1. The Bertz CT molecular complexity index is 722. The average molecular weight is 300 g/mol. The van der Waals surface area contributed by atoms with Gasteiger partial charge in [-0.25, -0.2) is 4.98 Å². The lowest BCUT2D eigenvalue weighted by Crippen LogP contribution is -2.00. The van der Waals surface area contributed by atoms with Gasteiger partial charge in [-0.05, 0) is 29.8 Å². The quantitative estimate of drug-likeness (QED) is 0.785.